The van der Waals surface area contributed by atoms with Crippen molar-refractivity contribution in [2.75, 3.05) is 27.2 Å². The van der Waals surface area contributed by atoms with Crippen LogP contribution in [0.3, 0.4) is 0 Å². The molecule has 1 aromatic rings. The zero-order chi connectivity index (χ0) is 17.0. The first-order valence-corrected chi connectivity index (χ1v) is 6.76. The van der Waals surface area contributed by atoms with Crippen LogP contribution in [-0.4, -0.2) is 49.2 Å². The SMILES string of the molecule is C=C(C)C(=O)OCCN(C)C.O=C(O)C=Cc1ccccc1. The van der Waals surface area contributed by atoms with Gasteiger partial charge in [0.2, 0.25) is 0 Å². The summed E-state index contributed by atoms with van der Waals surface area (Å²) in [6, 6.07) is 9.31. The normalized spacial score (nSPS) is 10.0. The highest BCUT2D eigenvalue weighted by molar-refractivity contribution is 5.86. The van der Waals surface area contributed by atoms with E-state index in [0.29, 0.717) is 12.2 Å². The number of hydrogen-bond donors (Lipinski definition) is 1. The molecule has 5 nitrogen and oxygen atoms in total. The molecule has 0 spiro atoms. The minimum absolute atomic E-state index is 0.313. The van der Waals surface area contributed by atoms with Crippen molar-refractivity contribution in [1.82, 2.24) is 4.90 Å². The van der Waals surface area contributed by atoms with E-state index in [2.05, 4.69) is 6.58 Å². The van der Waals surface area contributed by atoms with Crippen molar-refractivity contribution in [1.29, 1.82) is 0 Å². The third kappa shape index (κ3) is 11.4. The summed E-state index contributed by atoms with van der Waals surface area (Å²) in [5.74, 6) is -1.24. The topological polar surface area (TPSA) is 66.8 Å². The minimum Gasteiger partial charge on any atom is -0.478 e. The third-order valence-corrected chi connectivity index (χ3v) is 2.34. The molecule has 0 unspecified atom stereocenters. The number of rotatable bonds is 6. The molecule has 120 valence electrons. The van der Waals surface area contributed by atoms with E-state index < -0.39 is 5.97 Å². The summed E-state index contributed by atoms with van der Waals surface area (Å²) in [4.78, 5) is 22.8. The van der Waals surface area contributed by atoms with Gasteiger partial charge >= 0.3 is 11.9 Å². The summed E-state index contributed by atoms with van der Waals surface area (Å²) in [6.45, 7) is 6.28. The quantitative estimate of drug-likeness (QED) is 0.646. The van der Waals surface area contributed by atoms with E-state index in [0.717, 1.165) is 18.2 Å². The van der Waals surface area contributed by atoms with Gasteiger partial charge < -0.3 is 14.7 Å². The van der Waals surface area contributed by atoms with Crippen molar-refractivity contribution < 1.29 is 19.4 Å². The van der Waals surface area contributed by atoms with E-state index in [-0.39, 0.29) is 5.97 Å². The molecule has 0 aliphatic heterocycles. The van der Waals surface area contributed by atoms with Crippen LogP contribution in [0.5, 0.6) is 0 Å². The fourth-order valence-electron chi connectivity index (χ4n) is 1.18. The number of hydrogen-bond acceptors (Lipinski definition) is 4. The second-order valence-corrected chi connectivity index (χ2v) is 4.80. The Bertz CT molecular complexity index is 507. The lowest BCUT2D eigenvalue weighted by Crippen LogP contribution is -2.20. The molecule has 5 heteroatoms. The van der Waals surface area contributed by atoms with Gasteiger partial charge in [0.1, 0.15) is 6.61 Å². The summed E-state index contributed by atoms with van der Waals surface area (Å²) >= 11 is 0. The molecule has 1 N–H and O–H groups in total. The van der Waals surface area contributed by atoms with Crippen LogP contribution < -0.4 is 0 Å². The van der Waals surface area contributed by atoms with Gasteiger partial charge in [-0.3, -0.25) is 0 Å². The Morgan fingerprint density at radius 2 is 1.86 bits per heavy atom. The van der Waals surface area contributed by atoms with Crippen molar-refractivity contribution in [2.24, 2.45) is 0 Å². The molecule has 1 aromatic carbocycles. The maximum atomic E-state index is 10.8. The lowest BCUT2D eigenvalue weighted by atomic mass is 10.2. The molecule has 0 heterocycles. The molecule has 0 fully saturated rings. The van der Waals surface area contributed by atoms with Gasteiger partial charge in [-0.25, -0.2) is 9.59 Å². The van der Waals surface area contributed by atoms with Gasteiger partial charge in [-0.1, -0.05) is 36.9 Å². The van der Waals surface area contributed by atoms with Crippen LogP contribution in [-0.2, 0) is 14.3 Å². The maximum absolute atomic E-state index is 10.8. The molecule has 22 heavy (non-hydrogen) atoms. The van der Waals surface area contributed by atoms with E-state index >= 15 is 0 Å². The number of esters is 1. The van der Waals surface area contributed by atoms with Crippen LogP contribution in [0.2, 0.25) is 0 Å². The van der Waals surface area contributed by atoms with Crippen molar-refractivity contribution in [2.45, 2.75) is 6.92 Å². The van der Waals surface area contributed by atoms with Crippen LogP contribution in [0.15, 0.2) is 48.6 Å². The number of ether oxygens (including phenoxy) is 1. The maximum Gasteiger partial charge on any atom is 0.333 e. The Hall–Kier alpha value is -2.40. The van der Waals surface area contributed by atoms with Gasteiger partial charge in [0, 0.05) is 18.2 Å². The number of carboxylic acids is 1. The van der Waals surface area contributed by atoms with Gasteiger partial charge in [0.25, 0.3) is 0 Å². The number of nitrogens with zero attached hydrogens (tertiary/aromatic N) is 1. The molecule has 0 aliphatic rings. The fraction of sp³-hybridized carbons (Fsp3) is 0.294. The summed E-state index contributed by atoms with van der Waals surface area (Å²) in [7, 11) is 3.85. The zero-order valence-electron chi connectivity index (χ0n) is 13.3. The molecule has 0 aromatic heterocycles. The first-order valence-electron chi connectivity index (χ1n) is 6.76. The predicted octanol–water partition coefficient (Wildman–Crippen LogP) is 2.45. The van der Waals surface area contributed by atoms with Gasteiger partial charge in [0.05, 0.1) is 0 Å². The molecule has 0 radical (unpaired) electrons. The van der Waals surface area contributed by atoms with E-state index in [1.165, 1.54) is 0 Å². The molecule has 0 saturated heterocycles. The summed E-state index contributed by atoms with van der Waals surface area (Å²) in [5, 5.41) is 8.29. The highest BCUT2D eigenvalue weighted by Crippen LogP contribution is 1.99. The lowest BCUT2D eigenvalue weighted by molar-refractivity contribution is -0.139. The molecular weight excluding hydrogens is 282 g/mol. The molecular formula is C17H23NO4. The fourth-order valence-corrected chi connectivity index (χ4v) is 1.18. The number of benzene rings is 1. The van der Waals surface area contributed by atoms with Crippen molar-refractivity contribution in [3.63, 3.8) is 0 Å². The van der Waals surface area contributed by atoms with E-state index in [4.69, 9.17) is 9.84 Å². The lowest BCUT2D eigenvalue weighted by Gasteiger charge is -2.09. The van der Waals surface area contributed by atoms with Crippen LogP contribution >= 0.6 is 0 Å². The summed E-state index contributed by atoms with van der Waals surface area (Å²) < 4.78 is 4.83. The first-order chi connectivity index (χ1) is 10.3. The van der Waals surface area contributed by atoms with Crippen molar-refractivity contribution in [3.05, 3.63) is 54.1 Å². The Balaban J connectivity index is 0.000000401. The third-order valence-electron chi connectivity index (χ3n) is 2.34. The van der Waals surface area contributed by atoms with Gasteiger partial charge in [-0.15, -0.1) is 0 Å². The second-order valence-electron chi connectivity index (χ2n) is 4.80. The summed E-state index contributed by atoms with van der Waals surface area (Å²) in [5.41, 5.74) is 1.35. The van der Waals surface area contributed by atoms with Crippen LogP contribution in [0.25, 0.3) is 6.08 Å². The average molecular weight is 305 g/mol. The Kier molecular flexibility index (Phi) is 10.0. The number of aliphatic carboxylic acids is 1. The van der Waals surface area contributed by atoms with Crippen LogP contribution in [0.4, 0.5) is 0 Å². The zero-order valence-corrected chi connectivity index (χ0v) is 13.3. The molecule has 0 saturated carbocycles. The van der Waals surface area contributed by atoms with Crippen LogP contribution in [0.1, 0.15) is 12.5 Å². The Morgan fingerprint density at radius 1 is 1.27 bits per heavy atom. The van der Waals surface area contributed by atoms with E-state index in [1.807, 2.05) is 49.3 Å². The molecule has 0 bridgehead atoms. The molecule has 0 amide bonds. The van der Waals surface area contributed by atoms with Crippen molar-refractivity contribution in [3.8, 4) is 0 Å². The number of carbonyl (C=O) groups excluding carboxylic acids is 1. The molecule has 1 rings (SSSR count). The number of carbonyl (C=O) groups is 2. The first kappa shape index (κ1) is 19.6. The van der Waals surface area contributed by atoms with Gasteiger partial charge in [-0.05, 0) is 32.7 Å². The number of carboxylic acid groups (broad SMARTS) is 1. The smallest absolute Gasteiger partial charge is 0.333 e. The van der Waals surface area contributed by atoms with E-state index in [9.17, 15) is 9.59 Å². The standard InChI is InChI=1S/C9H8O2.C8H15NO2/c10-9(11)7-6-8-4-2-1-3-5-8;1-7(2)8(10)11-6-5-9(3)4/h1-7H,(H,10,11);1,5-6H2,2-4H3. The number of likely N-dealkylation sites (N-methyl/N-ethyl adjacent to an activating group) is 1. The monoisotopic (exact) mass is 305 g/mol. The second kappa shape index (κ2) is 11.3. The molecule has 0 atom stereocenters. The highest BCUT2D eigenvalue weighted by atomic mass is 16.5. The van der Waals surface area contributed by atoms with Gasteiger partial charge in [0.15, 0.2) is 0 Å². The van der Waals surface area contributed by atoms with E-state index in [1.54, 1.807) is 13.0 Å². The minimum atomic E-state index is -0.922. The Labute approximate surface area is 131 Å². The highest BCUT2D eigenvalue weighted by Gasteiger charge is 2.01. The van der Waals surface area contributed by atoms with Gasteiger partial charge in [-0.2, -0.15) is 0 Å². The molecule has 0 aliphatic carbocycles. The predicted molar refractivity (Wildman–Crippen MR) is 87.4 cm³/mol. The average Bonchev–Trinajstić information content (AvgIpc) is 2.46. The van der Waals surface area contributed by atoms with Crippen LogP contribution in [0, 0.1) is 0 Å². The Morgan fingerprint density at radius 3 is 2.32 bits per heavy atom. The largest absolute Gasteiger partial charge is 0.478 e. The van der Waals surface area contributed by atoms with Crippen molar-refractivity contribution >= 4 is 18.0 Å². The summed E-state index contributed by atoms with van der Waals surface area (Å²) in [6.07, 6.45) is 2.68.